The highest BCUT2D eigenvalue weighted by Gasteiger charge is 2.14. The zero-order chi connectivity index (χ0) is 15.8. The molecule has 0 atom stereocenters. The predicted molar refractivity (Wildman–Crippen MR) is 86.3 cm³/mol. The molecule has 0 aliphatic heterocycles. The minimum absolute atomic E-state index is 0.127. The van der Waals surface area contributed by atoms with Gasteiger partial charge in [-0.3, -0.25) is 9.59 Å². The van der Waals surface area contributed by atoms with Crippen LogP contribution in [0.2, 0.25) is 0 Å². The number of benzene rings is 1. The fourth-order valence-corrected chi connectivity index (χ4v) is 2.38. The molecule has 2 rings (SSSR count). The molecular weight excluding hydrogens is 300 g/mol. The Labute approximate surface area is 132 Å². The van der Waals surface area contributed by atoms with Gasteiger partial charge in [0.1, 0.15) is 5.70 Å². The van der Waals surface area contributed by atoms with Crippen LogP contribution in [0.25, 0.3) is 6.08 Å². The van der Waals surface area contributed by atoms with Gasteiger partial charge in [0, 0.05) is 17.0 Å². The van der Waals surface area contributed by atoms with Crippen LogP contribution in [-0.2, 0) is 4.79 Å². The van der Waals surface area contributed by atoms with E-state index in [0.717, 1.165) is 4.88 Å². The van der Waals surface area contributed by atoms with Crippen LogP contribution in [0.15, 0.2) is 53.5 Å². The minimum atomic E-state index is -0.438. The summed E-state index contributed by atoms with van der Waals surface area (Å²) in [5.74, 6) is -0.797. The van der Waals surface area contributed by atoms with Crippen LogP contribution < -0.4 is 10.6 Å². The Bertz CT molecular complexity index is 651. The topological polar surface area (TPSA) is 78.4 Å². The molecule has 0 unspecified atom stereocenters. The molecule has 5 nitrogen and oxygen atoms in total. The second-order valence-corrected chi connectivity index (χ2v) is 5.35. The van der Waals surface area contributed by atoms with Crippen molar-refractivity contribution >= 4 is 29.2 Å². The molecule has 1 aromatic carbocycles. The molecule has 0 fully saturated rings. The molecule has 0 saturated heterocycles. The summed E-state index contributed by atoms with van der Waals surface area (Å²) in [7, 11) is 0. The molecule has 0 aliphatic carbocycles. The lowest BCUT2D eigenvalue weighted by atomic mass is 10.2. The first-order valence-electron chi connectivity index (χ1n) is 6.71. The first-order chi connectivity index (χ1) is 10.7. The molecule has 2 aromatic rings. The summed E-state index contributed by atoms with van der Waals surface area (Å²) in [5, 5.41) is 15.8. The van der Waals surface area contributed by atoms with Crippen molar-refractivity contribution in [2.75, 3.05) is 13.2 Å². The number of amides is 2. The Morgan fingerprint density at radius 1 is 1.14 bits per heavy atom. The van der Waals surface area contributed by atoms with Gasteiger partial charge >= 0.3 is 0 Å². The number of hydrogen-bond donors (Lipinski definition) is 3. The molecule has 1 heterocycles. The van der Waals surface area contributed by atoms with Crippen molar-refractivity contribution < 1.29 is 14.7 Å². The van der Waals surface area contributed by atoms with Crippen molar-refractivity contribution in [1.82, 2.24) is 10.6 Å². The number of thiophene rings is 1. The molecule has 6 heteroatoms. The highest BCUT2D eigenvalue weighted by molar-refractivity contribution is 7.10. The Balaban J connectivity index is 2.17. The number of nitrogens with one attached hydrogen (secondary N) is 2. The van der Waals surface area contributed by atoms with E-state index in [2.05, 4.69) is 10.6 Å². The SMILES string of the molecule is O=C(NCCO)/C(=C/c1cccs1)NC(=O)c1ccccc1. The van der Waals surface area contributed by atoms with Crippen molar-refractivity contribution in [2.24, 2.45) is 0 Å². The lowest BCUT2D eigenvalue weighted by Crippen LogP contribution is -2.36. The molecule has 22 heavy (non-hydrogen) atoms. The normalized spacial score (nSPS) is 11.0. The van der Waals surface area contributed by atoms with Crippen LogP contribution in [0.4, 0.5) is 0 Å². The Kier molecular flexibility index (Phi) is 5.88. The zero-order valence-electron chi connectivity index (χ0n) is 11.8. The van der Waals surface area contributed by atoms with Crippen molar-refractivity contribution in [1.29, 1.82) is 0 Å². The maximum atomic E-state index is 12.2. The van der Waals surface area contributed by atoms with Gasteiger partial charge in [-0.05, 0) is 29.7 Å². The molecule has 114 valence electrons. The van der Waals surface area contributed by atoms with Crippen LogP contribution in [0.5, 0.6) is 0 Å². The summed E-state index contributed by atoms with van der Waals surface area (Å²) in [6.45, 7) is -0.0352. The van der Waals surface area contributed by atoms with Gasteiger partial charge in [0.15, 0.2) is 0 Å². The third-order valence-electron chi connectivity index (χ3n) is 2.76. The highest BCUT2D eigenvalue weighted by Crippen LogP contribution is 2.13. The van der Waals surface area contributed by atoms with E-state index < -0.39 is 5.91 Å². The standard InChI is InChI=1S/C16H16N2O3S/c19-9-8-17-16(21)14(11-13-7-4-10-22-13)18-15(20)12-5-2-1-3-6-12/h1-7,10-11,19H,8-9H2,(H,17,21)(H,18,20)/b14-11-. The van der Waals surface area contributed by atoms with E-state index >= 15 is 0 Å². The smallest absolute Gasteiger partial charge is 0.267 e. The average Bonchev–Trinajstić information content (AvgIpc) is 3.05. The lowest BCUT2D eigenvalue weighted by molar-refractivity contribution is -0.117. The van der Waals surface area contributed by atoms with Gasteiger partial charge < -0.3 is 15.7 Å². The first kappa shape index (κ1) is 15.9. The number of rotatable bonds is 6. The summed E-state index contributed by atoms with van der Waals surface area (Å²) in [5.41, 5.74) is 0.610. The molecule has 0 saturated carbocycles. The molecular formula is C16H16N2O3S. The van der Waals surface area contributed by atoms with Crippen LogP contribution in [-0.4, -0.2) is 30.1 Å². The molecule has 1 aromatic heterocycles. The number of aliphatic hydroxyl groups excluding tert-OH is 1. The molecule has 3 N–H and O–H groups in total. The maximum absolute atomic E-state index is 12.2. The third-order valence-corrected chi connectivity index (χ3v) is 3.58. The van der Waals surface area contributed by atoms with Gasteiger partial charge in [-0.15, -0.1) is 11.3 Å². The second-order valence-electron chi connectivity index (χ2n) is 4.37. The molecule has 0 bridgehead atoms. The van der Waals surface area contributed by atoms with Gasteiger partial charge in [-0.2, -0.15) is 0 Å². The fraction of sp³-hybridized carbons (Fsp3) is 0.125. The van der Waals surface area contributed by atoms with Crippen LogP contribution in [0, 0.1) is 0 Å². The van der Waals surface area contributed by atoms with Gasteiger partial charge in [0.25, 0.3) is 11.8 Å². The van der Waals surface area contributed by atoms with E-state index in [1.165, 1.54) is 11.3 Å². The van der Waals surface area contributed by atoms with Crippen LogP contribution in [0.3, 0.4) is 0 Å². The summed E-state index contributed by atoms with van der Waals surface area (Å²) >= 11 is 1.46. The first-order valence-corrected chi connectivity index (χ1v) is 7.59. The quantitative estimate of drug-likeness (QED) is 0.709. The monoisotopic (exact) mass is 316 g/mol. The molecule has 0 spiro atoms. The molecule has 0 aliphatic rings. The Morgan fingerprint density at radius 3 is 2.55 bits per heavy atom. The van der Waals surface area contributed by atoms with Gasteiger partial charge in [-0.25, -0.2) is 0 Å². The Hall–Kier alpha value is -2.44. The largest absolute Gasteiger partial charge is 0.395 e. The van der Waals surface area contributed by atoms with Gasteiger partial charge in [-0.1, -0.05) is 24.3 Å². The number of hydrogen-bond acceptors (Lipinski definition) is 4. The predicted octanol–water partition coefficient (Wildman–Crippen LogP) is 1.63. The third kappa shape index (κ3) is 4.54. The molecule has 0 radical (unpaired) electrons. The minimum Gasteiger partial charge on any atom is -0.395 e. The van der Waals surface area contributed by atoms with E-state index in [9.17, 15) is 9.59 Å². The zero-order valence-corrected chi connectivity index (χ0v) is 12.6. The van der Waals surface area contributed by atoms with Crippen LogP contribution in [0.1, 0.15) is 15.2 Å². The summed E-state index contributed by atoms with van der Waals surface area (Å²) in [6, 6.07) is 12.4. The van der Waals surface area contributed by atoms with Crippen molar-refractivity contribution in [3.63, 3.8) is 0 Å². The van der Waals surface area contributed by atoms with Gasteiger partial charge in [0.05, 0.1) is 6.61 Å². The van der Waals surface area contributed by atoms with Crippen molar-refractivity contribution in [3.05, 3.63) is 64.0 Å². The number of carbonyl (C=O) groups excluding carboxylic acids is 2. The summed E-state index contributed by atoms with van der Waals surface area (Å²) < 4.78 is 0. The van der Waals surface area contributed by atoms with Crippen molar-refractivity contribution in [2.45, 2.75) is 0 Å². The lowest BCUT2D eigenvalue weighted by Gasteiger charge is -2.10. The van der Waals surface area contributed by atoms with E-state index in [1.807, 2.05) is 23.6 Å². The molecule has 2 amide bonds. The maximum Gasteiger partial charge on any atom is 0.267 e. The summed E-state index contributed by atoms with van der Waals surface area (Å²) in [4.78, 5) is 25.1. The average molecular weight is 316 g/mol. The van der Waals surface area contributed by atoms with Gasteiger partial charge in [0.2, 0.25) is 0 Å². The van der Waals surface area contributed by atoms with E-state index in [4.69, 9.17) is 5.11 Å². The van der Waals surface area contributed by atoms with E-state index in [-0.39, 0.29) is 24.8 Å². The number of carbonyl (C=O) groups is 2. The van der Waals surface area contributed by atoms with Crippen molar-refractivity contribution in [3.8, 4) is 0 Å². The van der Waals surface area contributed by atoms with Crippen LogP contribution >= 0.6 is 11.3 Å². The Morgan fingerprint density at radius 2 is 1.91 bits per heavy atom. The number of aliphatic hydroxyl groups is 1. The second kappa shape index (κ2) is 8.11. The summed E-state index contributed by atoms with van der Waals surface area (Å²) in [6.07, 6.45) is 1.61. The van der Waals surface area contributed by atoms with E-state index in [0.29, 0.717) is 5.56 Å². The highest BCUT2D eigenvalue weighted by atomic mass is 32.1. The van der Waals surface area contributed by atoms with E-state index in [1.54, 1.807) is 30.3 Å². The fourth-order valence-electron chi connectivity index (χ4n) is 1.72.